The van der Waals surface area contributed by atoms with E-state index in [4.69, 9.17) is 9.57 Å². The number of fused-ring (bicyclic) bond motifs is 1. The number of aliphatic carboxylic acids is 1. The van der Waals surface area contributed by atoms with Crippen molar-refractivity contribution in [2.45, 2.75) is 30.0 Å². The first-order valence-electron chi connectivity index (χ1n) is 12.0. The number of nitrogens with zero attached hydrogens (tertiary/aromatic N) is 7. The number of carboxylic acids is 1. The van der Waals surface area contributed by atoms with E-state index in [9.17, 15) is 29.1 Å². The smallest absolute Gasteiger partial charge is 0.352 e. The first kappa shape index (κ1) is 30.7. The van der Waals surface area contributed by atoms with Crippen LogP contribution in [0, 0.1) is 0 Å². The molecule has 2 aromatic rings. The largest absolute Gasteiger partial charge is 0.477 e. The Hall–Kier alpha value is -4.30. The van der Waals surface area contributed by atoms with Gasteiger partial charge in [0.1, 0.15) is 22.8 Å². The van der Waals surface area contributed by atoms with Crippen LogP contribution in [0.1, 0.15) is 12.6 Å². The standard InChI is InChI=1S/C22H23N9O8S3/c1-3-5-30-22(26-28-29-30)42-8-11-7-40-19-15(18(35)31(19)16(11)20(36)37)25-17(34)14(27-39-6-13(33)38-4-2)12-9-41-21(24-12)23-10-32/h3,9-10,15,19H,1,4-8H2,2H3,(H,25,34)(H,36,37)(H,23,24,32)/t15?,19-/m0/s1. The number of carbonyl (C=O) groups is 5. The molecule has 20 heteroatoms. The van der Waals surface area contributed by atoms with Gasteiger partial charge >= 0.3 is 11.9 Å². The Morgan fingerprint density at radius 1 is 1.38 bits per heavy atom. The molecule has 0 bridgehead atoms. The molecular formula is C22H23N9O8S3. The highest BCUT2D eigenvalue weighted by Gasteiger charge is 2.54. The maximum absolute atomic E-state index is 13.2. The van der Waals surface area contributed by atoms with Crippen molar-refractivity contribution in [1.29, 1.82) is 0 Å². The lowest BCUT2D eigenvalue weighted by Gasteiger charge is -2.49. The SMILES string of the molecule is C=CCn1nnnc1SCC1=C(C(=O)O)N2C(=O)C(NC(=O)C(=NOCC(=O)OCC)c3csc(NC=O)n3)[C@@H]2SC1. The van der Waals surface area contributed by atoms with Gasteiger partial charge < -0.3 is 25.3 Å². The third kappa shape index (κ3) is 6.77. The number of tetrazole rings is 1. The van der Waals surface area contributed by atoms with Crippen molar-refractivity contribution in [3.63, 3.8) is 0 Å². The van der Waals surface area contributed by atoms with E-state index in [-0.39, 0.29) is 40.3 Å². The Labute approximate surface area is 249 Å². The number of esters is 1. The van der Waals surface area contributed by atoms with Gasteiger partial charge in [0.15, 0.2) is 10.8 Å². The van der Waals surface area contributed by atoms with E-state index < -0.39 is 41.8 Å². The van der Waals surface area contributed by atoms with Crippen LogP contribution in [-0.2, 0) is 40.1 Å². The number of aromatic nitrogens is 5. The number of anilines is 1. The summed E-state index contributed by atoms with van der Waals surface area (Å²) < 4.78 is 6.27. The summed E-state index contributed by atoms with van der Waals surface area (Å²) in [4.78, 5) is 71.2. The zero-order chi connectivity index (χ0) is 30.2. The number of hydrogen-bond acceptors (Lipinski definition) is 15. The summed E-state index contributed by atoms with van der Waals surface area (Å²) >= 11 is 3.51. The van der Waals surface area contributed by atoms with Crippen LogP contribution >= 0.6 is 34.9 Å². The van der Waals surface area contributed by atoms with Gasteiger partial charge in [-0.25, -0.2) is 19.3 Å². The number of ether oxygens (including phenoxy) is 1. The van der Waals surface area contributed by atoms with Gasteiger partial charge in [-0.05, 0) is 22.9 Å². The molecule has 1 unspecified atom stereocenters. The molecule has 2 aromatic heterocycles. The predicted octanol–water partition coefficient (Wildman–Crippen LogP) is -0.301. The van der Waals surface area contributed by atoms with Crippen LogP contribution in [0.2, 0.25) is 0 Å². The fourth-order valence-electron chi connectivity index (χ4n) is 3.75. The summed E-state index contributed by atoms with van der Waals surface area (Å²) in [6.45, 7) is 5.16. The Balaban J connectivity index is 1.49. The lowest BCUT2D eigenvalue weighted by atomic mass is 10.0. The van der Waals surface area contributed by atoms with Crippen molar-refractivity contribution < 1.29 is 38.7 Å². The second-order valence-corrected chi connectivity index (χ2v) is 11.1. The summed E-state index contributed by atoms with van der Waals surface area (Å²) in [6.07, 6.45) is 2.02. The van der Waals surface area contributed by atoms with Gasteiger partial charge in [-0.3, -0.25) is 19.3 Å². The highest BCUT2D eigenvalue weighted by Crippen LogP contribution is 2.41. The number of β-lactam (4-membered cyclic amide) rings is 1. The molecule has 42 heavy (non-hydrogen) atoms. The lowest BCUT2D eigenvalue weighted by molar-refractivity contribution is -0.150. The molecule has 3 amide bonds. The molecule has 3 N–H and O–H groups in total. The summed E-state index contributed by atoms with van der Waals surface area (Å²) in [5.74, 6) is -3.01. The number of hydrogen-bond donors (Lipinski definition) is 3. The molecule has 2 aliphatic heterocycles. The van der Waals surface area contributed by atoms with E-state index in [0.717, 1.165) is 16.2 Å². The van der Waals surface area contributed by atoms with Crippen LogP contribution < -0.4 is 10.6 Å². The molecule has 1 saturated heterocycles. The predicted molar refractivity (Wildman–Crippen MR) is 149 cm³/mol. The van der Waals surface area contributed by atoms with E-state index in [1.165, 1.54) is 33.6 Å². The van der Waals surface area contributed by atoms with Gasteiger partial charge in [0.2, 0.25) is 18.2 Å². The molecule has 2 atom stereocenters. The number of allylic oxidation sites excluding steroid dienone is 1. The number of thioether (sulfide) groups is 2. The molecule has 17 nitrogen and oxygen atoms in total. The van der Waals surface area contributed by atoms with Crippen molar-refractivity contribution in [3.8, 4) is 0 Å². The molecule has 2 aliphatic rings. The summed E-state index contributed by atoms with van der Waals surface area (Å²) in [5.41, 5.74) is -0.0349. The Bertz CT molecular complexity index is 1460. The molecule has 0 aromatic carbocycles. The lowest BCUT2D eigenvalue weighted by Crippen LogP contribution is -2.71. The number of nitrogens with one attached hydrogen (secondary N) is 2. The molecule has 222 valence electrons. The quantitative estimate of drug-likeness (QED) is 0.0434. The second-order valence-electron chi connectivity index (χ2n) is 8.16. The third-order valence-corrected chi connectivity index (χ3v) is 8.66. The Morgan fingerprint density at radius 2 is 2.19 bits per heavy atom. The van der Waals surface area contributed by atoms with Gasteiger partial charge in [0.25, 0.3) is 11.8 Å². The van der Waals surface area contributed by atoms with Crippen molar-refractivity contribution >= 4 is 75.9 Å². The van der Waals surface area contributed by atoms with E-state index in [1.54, 1.807) is 13.0 Å². The Kier molecular flexibility index (Phi) is 10.3. The Morgan fingerprint density at radius 3 is 2.90 bits per heavy atom. The molecule has 4 heterocycles. The summed E-state index contributed by atoms with van der Waals surface area (Å²) in [6, 6.07) is -1.08. The van der Waals surface area contributed by atoms with E-state index in [0.29, 0.717) is 23.7 Å². The monoisotopic (exact) mass is 637 g/mol. The number of thiazole rings is 1. The zero-order valence-electron chi connectivity index (χ0n) is 21.8. The number of oxime groups is 1. The molecule has 0 spiro atoms. The molecule has 4 rings (SSSR count). The maximum Gasteiger partial charge on any atom is 0.352 e. The molecule has 0 radical (unpaired) electrons. The van der Waals surface area contributed by atoms with Crippen molar-refractivity contribution in [2.24, 2.45) is 5.16 Å². The highest BCUT2D eigenvalue weighted by atomic mass is 32.2. The fourth-order valence-corrected chi connectivity index (χ4v) is 6.77. The van der Waals surface area contributed by atoms with Crippen molar-refractivity contribution in [3.05, 3.63) is 35.0 Å². The van der Waals surface area contributed by atoms with E-state index in [2.05, 4.69) is 42.9 Å². The average molecular weight is 638 g/mol. The minimum atomic E-state index is -1.29. The van der Waals surface area contributed by atoms with Gasteiger partial charge in [0.05, 0.1) is 13.2 Å². The van der Waals surface area contributed by atoms with Crippen LogP contribution in [0.4, 0.5) is 5.13 Å². The van der Waals surface area contributed by atoms with Gasteiger partial charge in [-0.2, -0.15) is 0 Å². The van der Waals surface area contributed by atoms with Crippen LogP contribution in [0.15, 0.2) is 39.6 Å². The van der Waals surface area contributed by atoms with Gasteiger partial charge in [-0.15, -0.1) is 34.8 Å². The van der Waals surface area contributed by atoms with Gasteiger partial charge in [0, 0.05) is 16.9 Å². The molecular weight excluding hydrogens is 614 g/mol. The zero-order valence-corrected chi connectivity index (χ0v) is 24.2. The average Bonchev–Trinajstić information content (AvgIpc) is 3.62. The first-order valence-corrected chi connectivity index (χ1v) is 14.9. The van der Waals surface area contributed by atoms with Crippen LogP contribution in [0.25, 0.3) is 0 Å². The summed E-state index contributed by atoms with van der Waals surface area (Å²) in [5, 5.41) is 31.3. The molecule has 0 aliphatic carbocycles. The third-order valence-electron chi connectivity index (χ3n) is 5.50. The van der Waals surface area contributed by atoms with Crippen LogP contribution in [-0.4, -0.2) is 107 Å². The number of rotatable bonds is 15. The second kappa shape index (κ2) is 14.0. The fraction of sp³-hybridized carbons (Fsp3) is 0.364. The maximum atomic E-state index is 13.2. The number of amides is 3. The normalized spacial score (nSPS) is 18.1. The minimum Gasteiger partial charge on any atom is -0.477 e. The van der Waals surface area contributed by atoms with Crippen LogP contribution in [0.5, 0.6) is 0 Å². The molecule has 0 saturated carbocycles. The van der Waals surface area contributed by atoms with Crippen LogP contribution in [0.3, 0.4) is 0 Å². The molecule has 1 fully saturated rings. The number of carbonyl (C=O) groups excluding carboxylic acids is 4. The first-order chi connectivity index (χ1) is 20.3. The summed E-state index contributed by atoms with van der Waals surface area (Å²) in [7, 11) is 0. The number of carboxylic acid groups (broad SMARTS) is 1. The highest BCUT2D eigenvalue weighted by molar-refractivity contribution is 8.01. The minimum absolute atomic E-state index is 0.00913. The van der Waals surface area contributed by atoms with Gasteiger partial charge in [-0.1, -0.05) is 23.0 Å². The van der Waals surface area contributed by atoms with E-state index in [1.807, 2.05) is 0 Å². The van der Waals surface area contributed by atoms with Crippen molar-refractivity contribution in [1.82, 2.24) is 35.4 Å². The van der Waals surface area contributed by atoms with E-state index >= 15 is 0 Å². The topological polar surface area (TPSA) is 220 Å². The van der Waals surface area contributed by atoms with Crippen molar-refractivity contribution in [2.75, 3.05) is 30.0 Å².